The van der Waals surface area contributed by atoms with E-state index in [-0.39, 0.29) is 11.5 Å². The first-order chi connectivity index (χ1) is 13.6. The first kappa shape index (κ1) is 18.5. The van der Waals surface area contributed by atoms with E-state index in [2.05, 4.69) is 16.1 Å². The molecule has 7 heteroatoms. The molecule has 1 aromatic carbocycles. The van der Waals surface area contributed by atoms with E-state index in [4.69, 9.17) is 4.74 Å². The van der Waals surface area contributed by atoms with Crippen molar-refractivity contribution in [3.63, 3.8) is 0 Å². The summed E-state index contributed by atoms with van der Waals surface area (Å²) in [6.07, 6.45) is 2.22. The summed E-state index contributed by atoms with van der Waals surface area (Å²) in [4.78, 5) is 29.3. The number of amides is 1. The van der Waals surface area contributed by atoms with Gasteiger partial charge < -0.3 is 14.5 Å². The highest BCUT2D eigenvalue weighted by molar-refractivity contribution is 5.80. The third-order valence-electron chi connectivity index (χ3n) is 5.58. The Morgan fingerprint density at radius 1 is 1.14 bits per heavy atom. The first-order valence-electron chi connectivity index (χ1n) is 9.84. The molecule has 0 bridgehead atoms. The van der Waals surface area contributed by atoms with Gasteiger partial charge in [-0.1, -0.05) is 6.07 Å². The number of benzene rings is 1. The van der Waals surface area contributed by atoms with Gasteiger partial charge in [-0.2, -0.15) is 5.10 Å². The van der Waals surface area contributed by atoms with Crippen molar-refractivity contribution in [3.8, 4) is 5.75 Å². The van der Waals surface area contributed by atoms with Crippen LogP contribution in [0.3, 0.4) is 0 Å². The lowest BCUT2D eigenvalue weighted by Crippen LogP contribution is -2.51. The normalized spacial score (nSPS) is 18.1. The zero-order chi connectivity index (χ0) is 19.7. The lowest BCUT2D eigenvalue weighted by atomic mass is 10.2. The van der Waals surface area contributed by atoms with Crippen LogP contribution in [0.15, 0.2) is 41.2 Å². The van der Waals surface area contributed by atoms with Crippen LogP contribution < -0.4 is 15.2 Å². The van der Waals surface area contributed by atoms with E-state index in [0.717, 1.165) is 43.1 Å². The third-order valence-corrected chi connectivity index (χ3v) is 5.58. The average molecular weight is 382 g/mol. The van der Waals surface area contributed by atoms with E-state index >= 15 is 0 Å². The molecule has 2 fully saturated rings. The van der Waals surface area contributed by atoms with Crippen molar-refractivity contribution in [2.24, 2.45) is 0 Å². The van der Waals surface area contributed by atoms with Crippen molar-refractivity contribution >= 4 is 11.6 Å². The van der Waals surface area contributed by atoms with Gasteiger partial charge in [0, 0.05) is 49.9 Å². The molecule has 148 valence electrons. The molecule has 2 aromatic rings. The Balaban J connectivity index is 1.42. The second-order valence-corrected chi connectivity index (χ2v) is 7.51. The molecular formula is C21H26N4O3. The minimum Gasteiger partial charge on any atom is -0.497 e. The number of hydrogen-bond acceptors (Lipinski definition) is 5. The van der Waals surface area contributed by atoms with Crippen LogP contribution in [0, 0.1) is 0 Å². The molecule has 1 amide bonds. The molecule has 1 saturated carbocycles. The fraction of sp³-hybridized carbons (Fsp3) is 0.476. The van der Waals surface area contributed by atoms with Gasteiger partial charge in [-0.3, -0.25) is 9.59 Å². The fourth-order valence-electron chi connectivity index (χ4n) is 3.68. The number of hydrogen-bond donors (Lipinski definition) is 0. The summed E-state index contributed by atoms with van der Waals surface area (Å²) in [7, 11) is 1.66. The predicted octanol–water partition coefficient (Wildman–Crippen LogP) is 2.04. The van der Waals surface area contributed by atoms with Crippen molar-refractivity contribution in [1.82, 2.24) is 14.7 Å². The van der Waals surface area contributed by atoms with Crippen LogP contribution in [-0.2, 0) is 4.79 Å². The molecule has 2 heterocycles. The van der Waals surface area contributed by atoms with Gasteiger partial charge in [0.1, 0.15) is 11.8 Å². The lowest BCUT2D eigenvalue weighted by Gasteiger charge is -2.37. The van der Waals surface area contributed by atoms with Crippen LogP contribution in [0.5, 0.6) is 5.75 Å². The highest BCUT2D eigenvalue weighted by atomic mass is 16.5. The molecule has 1 aromatic heterocycles. The summed E-state index contributed by atoms with van der Waals surface area (Å²) < 4.78 is 6.65. The quantitative estimate of drug-likeness (QED) is 0.792. The van der Waals surface area contributed by atoms with Gasteiger partial charge in [-0.25, -0.2) is 4.68 Å². The van der Waals surface area contributed by atoms with Gasteiger partial charge >= 0.3 is 0 Å². The third kappa shape index (κ3) is 3.74. The van der Waals surface area contributed by atoms with E-state index in [9.17, 15) is 9.59 Å². The minimum atomic E-state index is -0.588. The molecule has 0 unspecified atom stereocenters. The molecule has 1 saturated heterocycles. The van der Waals surface area contributed by atoms with Gasteiger partial charge in [-0.05, 0) is 38.0 Å². The zero-order valence-electron chi connectivity index (χ0n) is 16.4. The molecule has 0 N–H and O–H groups in total. The molecule has 4 rings (SSSR count). The van der Waals surface area contributed by atoms with Crippen LogP contribution >= 0.6 is 0 Å². The van der Waals surface area contributed by atoms with E-state index in [0.29, 0.717) is 19.0 Å². The fourth-order valence-corrected chi connectivity index (χ4v) is 3.68. The highest BCUT2D eigenvalue weighted by Crippen LogP contribution is 2.38. The Hall–Kier alpha value is -2.83. The number of rotatable bonds is 5. The van der Waals surface area contributed by atoms with Gasteiger partial charge in [0.25, 0.3) is 5.56 Å². The van der Waals surface area contributed by atoms with Crippen LogP contribution in [-0.4, -0.2) is 53.9 Å². The first-order valence-corrected chi connectivity index (χ1v) is 9.84. The number of methoxy groups -OCH3 is 1. The number of ether oxygens (including phenoxy) is 1. The van der Waals surface area contributed by atoms with E-state index in [1.807, 2.05) is 23.1 Å². The van der Waals surface area contributed by atoms with Gasteiger partial charge in [0.15, 0.2) is 0 Å². The van der Waals surface area contributed by atoms with Crippen molar-refractivity contribution in [3.05, 3.63) is 52.4 Å². The standard InChI is InChI=1S/C21H26N4O3/c1-15(25-20(26)9-8-19(22-25)16-6-7-16)21(27)24-12-10-23(11-13-24)17-4-3-5-18(14-17)28-2/h3-5,8-9,14-16H,6-7,10-13H2,1-2H3/t15-/m1/s1. The molecule has 0 spiro atoms. The van der Waals surface area contributed by atoms with Crippen molar-refractivity contribution < 1.29 is 9.53 Å². The molecular weight excluding hydrogens is 356 g/mol. The lowest BCUT2D eigenvalue weighted by molar-refractivity contribution is -0.135. The van der Waals surface area contributed by atoms with Crippen molar-refractivity contribution in [1.29, 1.82) is 0 Å². The monoisotopic (exact) mass is 382 g/mol. The van der Waals surface area contributed by atoms with Gasteiger partial charge in [0.2, 0.25) is 5.91 Å². The van der Waals surface area contributed by atoms with Crippen LogP contribution in [0.25, 0.3) is 0 Å². The van der Waals surface area contributed by atoms with E-state index in [1.165, 1.54) is 10.7 Å². The zero-order valence-corrected chi connectivity index (χ0v) is 16.4. The molecule has 28 heavy (non-hydrogen) atoms. The highest BCUT2D eigenvalue weighted by Gasteiger charge is 2.29. The molecule has 1 aliphatic carbocycles. The Bertz CT molecular complexity index is 914. The summed E-state index contributed by atoms with van der Waals surface area (Å²) >= 11 is 0. The minimum absolute atomic E-state index is 0.0483. The summed E-state index contributed by atoms with van der Waals surface area (Å²) in [5, 5.41) is 4.46. The summed E-state index contributed by atoms with van der Waals surface area (Å²) in [5.74, 6) is 1.22. The maximum absolute atomic E-state index is 13.0. The maximum Gasteiger partial charge on any atom is 0.267 e. The SMILES string of the molecule is COc1cccc(N2CCN(C(=O)[C@@H](C)n3nc(C4CC4)ccc3=O)CC2)c1. The summed E-state index contributed by atoms with van der Waals surface area (Å²) in [6.45, 7) is 4.50. The second-order valence-electron chi connectivity index (χ2n) is 7.51. The smallest absolute Gasteiger partial charge is 0.267 e. The number of aromatic nitrogens is 2. The number of carbonyl (C=O) groups is 1. The predicted molar refractivity (Wildman–Crippen MR) is 107 cm³/mol. The van der Waals surface area contributed by atoms with Crippen molar-refractivity contribution in [2.45, 2.75) is 31.7 Å². The summed E-state index contributed by atoms with van der Waals surface area (Å²) in [5.41, 5.74) is 1.79. The largest absolute Gasteiger partial charge is 0.497 e. The Morgan fingerprint density at radius 2 is 1.89 bits per heavy atom. The number of nitrogens with zero attached hydrogens (tertiary/aromatic N) is 4. The molecule has 1 atom stereocenters. The molecule has 1 aliphatic heterocycles. The van der Waals surface area contributed by atoms with Gasteiger partial charge in [0.05, 0.1) is 12.8 Å². The van der Waals surface area contributed by atoms with Crippen LogP contribution in [0.2, 0.25) is 0 Å². The number of carbonyl (C=O) groups excluding carboxylic acids is 1. The van der Waals surface area contributed by atoms with Crippen LogP contribution in [0.1, 0.15) is 37.4 Å². The van der Waals surface area contributed by atoms with Crippen molar-refractivity contribution in [2.75, 3.05) is 38.2 Å². The topological polar surface area (TPSA) is 67.7 Å². The van der Waals surface area contributed by atoms with E-state index < -0.39 is 6.04 Å². The summed E-state index contributed by atoms with van der Waals surface area (Å²) in [6, 6.07) is 10.7. The Morgan fingerprint density at radius 3 is 2.57 bits per heavy atom. The van der Waals surface area contributed by atoms with E-state index in [1.54, 1.807) is 20.1 Å². The number of piperazine rings is 1. The Labute approximate surface area is 164 Å². The molecule has 0 radical (unpaired) electrons. The Kier molecular flexibility index (Phi) is 5.07. The maximum atomic E-state index is 13.0. The average Bonchev–Trinajstić information content (AvgIpc) is 3.58. The second kappa shape index (κ2) is 7.66. The molecule has 7 nitrogen and oxygen atoms in total. The van der Waals surface area contributed by atoms with Crippen LogP contribution in [0.4, 0.5) is 5.69 Å². The number of anilines is 1. The molecule has 2 aliphatic rings. The van der Waals surface area contributed by atoms with Gasteiger partial charge in [-0.15, -0.1) is 0 Å².